The Balaban J connectivity index is 1.57. The van der Waals surface area contributed by atoms with Crippen LogP contribution in [0, 0.1) is 5.92 Å². The van der Waals surface area contributed by atoms with Gasteiger partial charge in [0.15, 0.2) is 0 Å². The summed E-state index contributed by atoms with van der Waals surface area (Å²) < 4.78 is 0. The second-order valence-corrected chi connectivity index (χ2v) is 8.51. The quantitative estimate of drug-likeness (QED) is 0.454. The molecule has 1 aliphatic heterocycles. The Morgan fingerprint density at radius 3 is 2.32 bits per heavy atom. The lowest BCUT2D eigenvalue weighted by Gasteiger charge is -2.29. The van der Waals surface area contributed by atoms with Crippen LogP contribution < -0.4 is 0 Å². The van der Waals surface area contributed by atoms with E-state index >= 15 is 0 Å². The summed E-state index contributed by atoms with van der Waals surface area (Å²) in [6.45, 7) is 0. The molecule has 5 rings (SSSR count). The van der Waals surface area contributed by atoms with Gasteiger partial charge in [-0.15, -0.1) is 0 Å². The van der Waals surface area contributed by atoms with Gasteiger partial charge in [-0.05, 0) is 66.3 Å². The second kappa shape index (κ2) is 8.52. The van der Waals surface area contributed by atoms with Crippen LogP contribution in [-0.2, 0) is 0 Å². The van der Waals surface area contributed by atoms with Crippen molar-refractivity contribution in [3.8, 4) is 0 Å². The second-order valence-electron chi connectivity index (χ2n) is 8.08. The summed E-state index contributed by atoms with van der Waals surface area (Å²) in [4.78, 5) is 13.5. The SMILES string of the molecule is O=C(c1ccc(Cl)cc1)N1N=C2/C(=C\c3ccccc3)CCCC2C1c1ccccc1. The van der Waals surface area contributed by atoms with Crippen LogP contribution in [0.1, 0.15) is 46.8 Å². The van der Waals surface area contributed by atoms with Gasteiger partial charge in [0.25, 0.3) is 5.91 Å². The molecule has 0 bridgehead atoms. The number of amides is 1. The predicted octanol–water partition coefficient (Wildman–Crippen LogP) is 6.78. The van der Waals surface area contributed by atoms with Gasteiger partial charge in [-0.1, -0.05) is 72.3 Å². The number of nitrogens with zero attached hydrogens (tertiary/aromatic N) is 2. The zero-order valence-electron chi connectivity index (χ0n) is 17.1. The summed E-state index contributed by atoms with van der Waals surface area (Å²) >= 11 is 6.04. The smallest absolute Gasteiger partial charge is 0.267 e. The van der Waals surface area contributed by atoms with E-state index in [-0.39, 0.29) is 17.9 Å². The standard InChI is InChI=1S/C27H23ClN2O/c28-23-16-14-21(15-17-23)27(31)30-26(20-10-5-2-6-11-20)24-13-7-12-22(25(24)29-30)18-19-8-3-1-4-9-19/h1-6,8-11,14-18,24,26H,7,12-13H2/b22-18-. The molecule has 3 aromatic carbocycles. The van der Waals surface area contributed by atoms with Crippen LogP contribution >= 0.6 is 11.6 Å². The molecule has 0 N–H and O–H groups in total. The lowest BCUT2D eigenvalue weighted by Crippen LogP contribution is -2.31. The number of hydrogen-bond acceptors (Lipinski definition) is 2. The van der Waals surface area contributed by atoms with Gasteiger partial charge in [0.2, 0.25) is 0 Å². The molecule has 1 fully saturated rings. The maximum atomic E-state index is 13.5. The van der Waals surface area contributed by atoms with Crippen molar-refractivity contribution in [3.05, 3.63) is 112 Å². The summed E-state index contributed by atoms with van der Waals surface area (Å²) in [6.07, 6.45) is 5.32. The monoisotopic (exact) mass is 426 g/mol. The number of hydrogen-bond donors (Lipinski definition) is 0. The van der Waals surface area contributed by atoms with Crippen LogP contribution in [-0.4, -0.2) is 16.6 Å². The number of carbonyl (C=O) groups is 1. The van der Waals surface area contributed by atoms with E-state index in [0.29, 0.717) is 10.6 Å². The topological polar surface area (TPSA) is 32.7 Å². The molecule has 0 saturated heterocycles. The van der Waals surface area contributed by atoms with Crippen LogP contribution in [0.15, 0.2) is 95.6 Å². The first-order chi connectivity index (χ1) is 15.2. The van der Waals surface area contributed by atoms with Crippen LogP contribution in [0.5, 0.6) is 0 Å². The van der Waals surface area contributed by atoms with Crippen LogP contribution in [0.2, 0.25) is 5.02 Å². The van der Waals surface area contributed by atoms with Crippen molar-refractivity contribution in [2.45, 2.75) is 25.3 Å². The van der Waals surface area contributed by atoms with E-state index in [4.69, 9.17) is 16.7 Å². The van der Waals surface area contributed by atoms with E-state index in [1.165, 1.54) is 11.1 Å². The summed E-state index contributed by atoms with van der Waals surface area (Å²) in [5.74, 6) is 0.105. The third-order valence-corrected chi connectivity index (χ3v) is 6.33. The van der Waals surface area contributed by atoms with E-state index < -0.39 is 0 Å². The fourth-order valence-corrected chi connectivity index (χ4v) is 4.75. The Hall–Kier alpha value is -3.17. The predicted molar refractivity (Wildman–Crippen MR) is 126 cm³/mol. The van der Waals surface area contributed by atoms with Gasteiger partial charge in [-0.2, -0.15) is 5.10 Å². The van der Waals surface area contributed by atoms with Crippen LogP contribution in [0.4, 0.5) is 0 Å². The lowest BCUT2D eigenvalue weighted by molar-refractivity contribution is 0.0681. The molecule has 154 valence electrons. The molecule has 1 aliphatic carbocycles. The normalized spacial score (nSPS) is 21.6. The highest BCUT2D eigenvalue weighted by Gasteiger charge is 2.43. The fourth-order valence-electron chi connectivity index (χ4n) is 4.63. The molecule has 0 radical (unpaired) electrons. The Kier molecular flexibility index (Phi) is 5.44. The van der Waals surface area contributed by atoms with Crippen molar-refractivity contribution in [2.75, 3.05) is 0 Å². The molecule has 2 unspecified atom stereocenters. The summed E-state index contributed by atoms with van der Waals surface area (Å²) in [5, 5.41) is 7.26. The van der Waals surface area contributed by atoms with Gasteiger partial charge < -0.3 is 0 Å². The van der Waals surface area contributed by atoms with E-state index in [2.05, 4.69) is 30.3 Å². The number of halogens is 1. The minimum atomic E-state index is -0.0983. The molecule has 1 saturated carbocycles. The van der Waals surface area contributed by atoms with Crippen molar-refractivity contribution in [1.29, 1.82) is 0 Å². The van der Waals surface area contributed by atoms with Gasteiger partial charge in [-0.3, -0.25) is 4.79 Å². The first kappa shape index (κ1) is 19.8. The number of rotatable bonds is 3. The van der Waals surface area contributed by atoms with Crippen LogP contribution in [0.25, 0.3) is 6.08 Å². The molecule has 0 spiro atoms. The Morgan fingerprint density at radius 2 is 1.61 bits per heavy atom. The maximum Gasteiger partial charge on any atom is 0.274 e. The molecule has 4 heteroatoms. The third kappa shape index (κ3) is 3.94. The zero-order chi connectivity index (χ0) is 21.2. The van der Waals surface area contributed by atoms with Crippen molar-refractivity contribution < 1.29 is 4.79 Å². The number of hydrazone groups is 1. The highest BCUT2D eigenvalue weighted by atomic mass is 35.5. The first-order valence-electron chi connectivity index (χ1n) is 10.7. The average Bonchev–Trinajstić information content (AvgIpc) is 3.21. The minimum absolute atomic E-state index is 0.0912. The first-order valence-corrected chi connectivity index (χ1v) is 11.1. The molecule has 31 heavy (non-hydrogen) atoms. The van der Waals surface area contributed by atoms with Gasteiger partial charge in [0, 0.05) is 16.5 Å². The molecule has 2 atom stereocenters. The van der Waals surface area contributed by atoms with Gasteiger partial charge in [-0.25, -0.2) is 5.01 Å². The van der Waals surface area contributed by atoms with Crippen molar-refractivity contribution in [3.63, 3.8) is 0 Å². The van der Waals surface area contributed by atoms with E-state index in [1.807, 2.05) is 36.4 Å². The van der Waals surface area contributed by atoms with Gasteiger partial charge in [0.05, 0.1) is 11.8 Å². The minimum Gasteiger partial charge on any atom is -0.267 e. The molecule has 3 nitrogen and oxygen atoms in total. The highest BCUT2D eigenvalue weighted by Crippen LogP contribution is 2.44. The average molecular weight is 427 g/mol. The van der Waals surface area contributed by atoms with E-state index in [1.54, 1.807) is 29.3 Å². The van der Waals surface area contributed by atoms with Crippen molar-refractivity contribution in [2.24, 2.45) is 11.0 Å². The molecule has 0 aromatic heterocycles. The number of benzene rings is 3. The lowest BCUT2D eigenvalue weighted by atomic mass is 9.77. The molecule has 3 aromatic rings. The Bertz CT molecular complexity index is 1140. The number of fused-ring (bicyclic) bond motifs is 1. The number of carbonyl (C=O) groups excluding carboxylic acids is 1. The largest absolute Gasteiger partial charge is 0.274 e. The Labute approximate surface area is 187 Å². The van der Waals surface area contributed by atoms with Crippen molar-refractivity contribution in [1.82, 2.24) is 5.01 Å². The fraction of sp³-hybridized carbons (Fsp3) is 0.185. The molecular weight excluding hydrogens is 404 g/mol. The van der Waals surface area contributed by atoms with E-state index in [0.717, 1.165) is 30.5 Å². The summed E-state index contributed by atoms with van der Waals surface area (Å²) in [6, 6.07) is 27.6. The number of allylic oxidation sites excluding steroid dienone is 1. The summed E-state index contributed by atoms with van der Waals surface area (Å²) in [5.41, 5.74) is 5.16. The van der Waals surface area contributed by atoms with Gasteiger partial charge in [0.1, 0.15) is 0 Å². The molecular formula is C27H23ClN2O. The maximum absolute atomic E-state index is 13.5. The molecule has 1 amide bonds. The zero-order valence-corrected chi connectivity index (χ0v) is 17.9. The highest BCUT2D eigenvalue weighted by molar-refractivity contribution is 6.30. The van der Waals surface area contributed by atoms with E-state index in [9.17, 15) is 4.79 Å². The molecule has 1 heterocycles. The van der Waals surface area contributed by atoms with Crippen LogP contribution in [0.3, 0.4) is 0 Å². The molecule has 2 aliphatic rings. The third-order valence-electron chi connectivity index (χ3n) is 6.08. The van der Waals surface area contributed by atoms with Crippen molar-refractivity contribution >= 4 is 29.3 Å². The Morgan fingerprint density at radius 1 is 0.935 bits per heavy atom. The van der Waals surface area contributed by atoms with Gasteiger partial charge >= 0.3 is 0 Å². The summed E-state index contributed by atoms with van der Waals surface area (Å²) in [7, 11) is 0.